The van der Waals surface area contributed by atoms with Crippen LogP contribution in [0, 0.1) is 20.2 Å². The van der Waals surface area contributed by atoms with Crippen LogP contribution in [0.3, 0.4) is 0 Å². The molecule has 1 aliphatic carbocycles. The van der Waals surface area contributed by atoms with Gasteiger partial charge < -0.3 is 0 Å². The summed E-state index contributed by atoms with van der Waals surface area (Å²) in [6.45, 7) is 0. The second-order valence-corrected chi connectivity index (χ2v) is 6.55. The molecule has 1 aliphatic rings. The number of nitro benzene ring substituents is 2. The molecule has 0 heterocycles. The van der Waals surface area contributed by atoms with Crippen molar-refractivity contribution in [1.82, 2.24) is 0 Å². The van der Waals surface area contributed by atoms with Crippen LogP contribution in [0.5, 0.6) is 0 Å². The first-order chi connectivity index (χ1) is 13.8. The number of benzene rings is 2. The third-order valence-electron chi connectivity index (χ3n) is 4.57. The van der Waals surface area contributed by atoms with Crippen molar-refractivity contribution in [3.8, 4) is 0 Å². The summed E-state index contributed by atoms with van der Waals surface area (Å²) in [6, 6.07) is 11.5. The van der Waals surface area contributed by atoms with Gasteiger partial charge in [-0.15, -0.1) is 0 Å². The highest BCUT2D eigenvalue weighted by Crippen LogP contribution is 2.26. The Morgan fingerprint density at radius 3 is 1.31 bits per heavy atom. The number of hydrogen-bond acceptors (Lipinski definition) is 6. The molecule has 0 unspecified atom stereocenters. The van der Waals surface area contributed by atoms with Gasteiger partial charge >= 0.3 is 0 Å². The summed E-state index contributed by atoms with van der Waals surface area (Å²) in [6.07, 6.45) is 4.59. The van der Waals surface area contributed by atoms with Crippen molar-refractivity contribution in [1.29, 1.82) is 0 Å². The van der Waals surface area contributed by atoms with Crippen LogP contribution in [-0.4, -0.2) is 21.4 Å². The lowest BCUT2D eigenvalue weighted by Crippen LogP contribution is -2.15. The zero-order chi connectivity index (χ0) is 21.0. The number of nitrogens with zero attached hydrogens (tertiary/aromatic N) is 2. The van der Waals surface area contributed by atoms with E-state index in [1.165, 1.54) is 48.5 Å². The summed E-state index contributed by atoms with van der Waals surface area (Å²) in [5, 5.41) is 21.5. The van der Waals surface area contributed by atoms with Crippen molar-refractivity contribution >= 4 is 35.1 Å². The molecule has 0 N–H and O–H groups in total. The second-order valence-electron chi connectivity index (χ2n) is 6.55. The summed E-state index contributed by atoms with van der Waals surface area (Å²) < 4.78 is 0. The predicted molar refractivity (Wildman–Crippen MR) is 106 cm³/mol. The van der Waals surface area contributed by atoms with E-state index in [2.05, 4.69) is 0 Å². The smallest absolute Gasteiger partial charge is 0.269 e. The van der Waals surface area contributed by atoms with Crippen LogP contribution in [0.1, 0.15) is 30.4 Å². The lowest BCUT2D eigenvalue weighted by atomic mass is 10.00. The Morgan fingerprint density at radius 2 is 1.00 bits per heavy atom. The molecule has 0 aromatic heterocycles. The number of nitro groups is 2. The third-order valence-corrected chi connectivity index (χ3v) is 4.57. The summed E-state index contributed by atoms with van der Waals surface area (Å²) in [5.74, 6) is -1.21. The van der Waals surface area contributed by atoms with Crippen LogP contribution in [0.25, 0.3) is 12.2 Å². The van der Waals surface area contributed by atoms with Gasteiger partial charge in [-0.05, 0) is 66.8 Å². The van der Waals surface area contributed by atoms with Gasteiger partial charge in [0.25, 0.3) is 11.4 Å². The quantitative estimate of drug-likeness (QED) is 0.252. The minimum Gasteiger partial charge on any atom is -0.285 e. The van der Waals surface area contributed by atoms with Gasteiger partial charge in [0.2, 0.25) is 11.6 Å². The summed E-state index contributed by atoms with van der Waals surface area (Å²) >= 11 is 0. The Morgan fingerprint density at radius 1 is 0.655 bits per heavy atom. The summed E-state index contributed by atoms with van der Waals surface area (Å²) in [5.41, 5.74) is 1.82. The van der Waals surface area contributed by atoms with E-state index in [1.807, 2.05) is 0 Å². The number of rotatable bonds is 4. The first kappa shape index (κ1) is 19.8. The van der Waals surface area contributed by atoms with E-state index in [0.717, 1.165) is 0 Å². The van der Waals surface area contributed by atoms with Gasteiger partial charge in [-0.2, -0.15) is 0 Å². The highest BCUT2D eigenvalue weighted by Gasteiger charge is 2.26. The van der Waals surface area contributed by atoms with Crippen LogP contribution >= 0.6 is 0 Å². The first-order valence-corrected chi connectivity index (χ1v) is 8.84. The lowest BCUT2D eigenvalue weighted by Gasteiger charge is -2.02. The van der Waals surface area contributed by atoms with E-state index in [-0.39, 0.29) is 11.4 Å². The van der Waals surface area contributed by atoms with Gasteiger partial charge in [-0.3, -0.25) is 29.8 Å². The molecule has 146 valence electrons. The fourth-order valence-electron chi connectivity index (χ4n) is 3.05. The summed E-state index contributed by atoms with van der Waals surface area (Å²) in [4.78, 5) is 45.7. The fraction of sp³-hybridized carbons (Fsp3) is 0.143. The standard InChI is InChI=1S/C21H16N2O6/c24-20-16(12-14-4-8-18(9-5-14)22(26)27)2-1-3-17(21(20)25)13-15-6-10-19(11-7-15)23(28)29/h4-13H,1-3H2. The maximum atomic E-state index is 12.6. The number of allylic oxidation sites excluding steroid dienone is 2. The molecule has 0 radical (unpaired) electrons. The average Bonchev–Trinajstić information content (AvgIpc) is 2.83. The van der Waals surface area contributed by atoms with E-state index in [9.17, 15) is 29.8 Å². The molecule has 0 atom stereocenters. The molecule has 0 saturated heterocycles. The van der Waals surface area contributed by atoms with E-state index in [4.69, 9.17) is 0 Å². The van der Waals surface area contributed by atoms with Gasteiger partial charge in [0.05, 0.1) is 9.85 Å². The van der Waals surface area contributed by atoms with Crippen LogP contribution in [0.4, 0.5) is 11.4 Å². The van der Waals surface area contributed by atoms with E-state index in [1.54, 1.807) is 12.2 Å². The molecule has 8 heteroatoms. The maximum absolute atomic E-state index is 12.6. The van der Waals surface area contributed by atoms with Gasteiger partial charge in [0, 0.05) is 35.4 Å². The number of carbonyl (C=O) groups is 2. The molecule has 3 rings (SSSR count). The van der Waals surface area contributed by atoms with E-state index in [0.29, 0.717) is 41.5 Å². The normalized spacial score (nSPS) is 17.4. The topological polar surface area (TPSA) is 120 Å². The molecule has 1 saturated carbocycles. The number of ketones is 2. The number of Topliss-reactive ketones (excluding diaryl/α,β-unsaturated/α-hetero) is 2. The van der Waals surface area contributed by atoms with Gasteiger partial charge in [0.15, 0.2) is 0 Å². The van der Waals surface area contributed by atoms with Gasteiger partial charge in [-0.25, -0.2) is 0 Å². The Hall–Kier alpha value is -3.94. The van der Waals surface area contributed by atoms with Crippen molar-refractivity contribution in [2.24, 2.45) is 0 Å². The number of non-ortho nitro benzene ring substituents is 2. The van der Waals surface area contributed by atoms with Gasteiger partial charge in [0.1, 0.15) is 0 Å². The zero-order valence-corrected chi connectivity index (χ0v) is 15.2. The molecule has 0 spiro atoms. The molecule has 0 aliphatic heterocycles. The molecule has 0 bridgehead atoms. The second kappa shape index (κ2) is 8.39. The van der Waals surface area contributed by atoms with Crippen LogP contribution in [-0.2, 0) is 9.59 Å². The Bertz CT molecular complexity index is 964. The molecule has 2 aromatic carbocycles. The third kappa shape index (κ3) is 4.67. The number of hydrogen-bond donors (Lipinski definition) is 0. The molecule has 8 nitrogen and oxygen atoms in total. The SMILES string of the molecule is O=C1C(=O)C(=Cc2ccc([N+](=O)[O-])cc2)CCCC1=Cc1ccc([N+](=O)[O-])cc1. The van der Waals surface area contributed by atoms with Crippen molar-refractivity contribution < 1.29 is 19.4 Å². The fourth-order valence-corrected chi connectivity index (χ4v) is 3.05. The lowest BCUT2D eigenvalue weighted by molar-refractivity contribution is -0.385. The largest absolute Gasteiger partial charge is 0.285 e. The van der Waals surface area contributed by atoms with Crippen molar-refractivity contribution in [2.45, 2.75) is 19.3 Å². The molecular weight excluding hydrogens is 376 g/mol. The number of carbonyl (C=O) groups excluding carboxylic acids is 2. The average molecular weight is 392 g/mol. The minimum atomic E-state index is -0.603. The van der Waals surface area contributed by atoms with E-state index < -0.39 is 21.4 Å². The molecule has 0 amide bonds. The zero-order valence-electron chi connectivity index (χ0n) is 15.2. The van der Waals surface area contributed by atoms with Crippen molar-refractivity contribution in [3.63, 3.8) is 0 Å². The molecule has 2 aromatic rings. The highest BCUT2D eigenvalue weighted by atomic mass is 16.6. The van der Waals surface area contributed by atoms with Crippen LogP contribution in [0.15, 0.2) is 59.7 Å². The van der Waals surface area contributed by atoms with Gasteiger partial charge in [-0.1, -0.05) is 0 Å². The van der Waals surface area contributed by atoms with E-state index >= 15 is 0 Å². The van der Waals surface area contributed by atoms with Crippen molar-refractivity contribution in [3.05, 3.63) is 91.0 Å². The highest BCUT2D eigenvalue weighted by molar-refractivity contribution is 6.50. The Kier molecular flexibility index (Phi) is 5.73. The Balaban J connectivity index is 1.83. The predicted octanol–water partition coefficient (Wildman–Crippen LogP) is 4.29. The van der Waals surface area contributed by atoms with Crippen LogP contribution in [0.2, 0.25) is 0 Å². The summed E-state index contributed by atoms with van der Waals surface area (Å²) in [7, 11) is 0. The minimum absolute atomic E-state index is 0.0521. The monoisotopic (exact) mass is 392 g/mol. The van der Waals surface area contributed by atoms with Crippen molar-refractivity contribution in [2.75, 3.05) is 0 Å². The maximum Gasteiger partial charge on any atom is 0.269 e. The molecule has 29 heavy (non-hydrogen) atoms. The molecule has 1 fully saturated rings. The molecular formula is C21H16N2O6. The Labute approximate surface area is 165 Å². The first-order valence-electron chi connectivity index (χ1n) is 8.84. The van der Waals surface area contributed by atoms with Crippen LogP contribution < -0.4 is 0 Å².